The number of carbonyl (C=O) groups is 1. The Morgan fingerprint density at radius 3 is 2.65 bits per heavy atom. The number of rotatable bonds is 5. The van der Waals surface area contributed by atoms with E-state index in [0.29, 0.717) is 12.0 Å². The predicted molar refractivity (Wildman–Crippen MR) is 79.3 cm³/mol. The molecular formula is C17H24FNO. The zero-order valence-corrected chi connectivity index (χ0v) is 12.4. The van der Waals surface area contributed by atoms with Crippen LogP contribution in [-0.2, 0) is 0 Å². The van der Waals surface area contributed by atoms with Gasteiger partial charge in [-0.25, -0.2) is 4.39 Å². The molecule has 20 heavy (non-hydrogen) atoms. The zero-order valence-electron chi connectivity index (χ0n) is 12.4. The van der Waals surface area contributed by atoms with E-state index in [-0.39, 0.29) is 11.6 Å². The molecule has 1 fully saturated rings. The highest BCUT2D eigenvalue weighted by molar-refractivity contribution is 5.96. The monoisotopic (exact) mass is 277 g/mol. The first-order valence-corrected chi connectivity index (χ1v) is 7.57. The molecule has 0 bridgehead atoms. The summed E-state index contributed by atoms with van der Waals surface area (Å²) in [5, 5.41) is 0. The van der Waals surface area contributed by atoms with Crippen molar-refractivity contribution in [3.8, 4) is 0 Å². The molecule has 3 heteroatoms. The Morgan fingerprint density at radius 1 is 1.35 bits per heavy atom. The molecule has 0 amide bonds. The lowest BCUT2D eigenvalue weighted by Gasteiger charge is -2.33. The van der Waals surface area contributed by atoms with E-state index < -0.39 is 0 Å². The molecule has 0 N–H and O–H groups in total. The third kappa shape index (κ3) is 4.14. The van der Waals surface area contributed by atoms with Crippen molar-refractivity contribution in [1.82, 2.24) is 4.90 Å². The molecule has 0 atom stereocenters. The minimum Gasteiger partial charge on any atom is -0.303 e. The number of benzene rings is 1. The van der Waals surface area contributed by atoms with Crippen LogP contribution in [-0.4, -0.2) is 30.3 Å². The zero-order chi connectivity index (χ0) is 14.5. The topological polar surface area (TPSA) is 20.3 Å². The standard InChI is InChI=1S/C17H24FNO/c1-13(2)14-6-9-19(10-7-14)11-8-17(20)15-4-3-5-16(18)12-15/h3-5,12-14H,6-11H2,1-2H3. The normalized spacial score (nSPS) is 17.6. The fraction of sp³-hybridized carbons (Fsp3) is 0.588. The summed E-state index contributed by atoms with van der Waals surface area (Å²) >= 11 is 0. The van der Waals surface area contributed by atoms with Crippen molar-refractivity contribution in [3.05, 3.63) is 35.6 Å². The average Bonchev–Trinajstić information content (AvgIpc) is 2.45. The summed E-state index contributed by atoms with van der Waals surface area (Å²) in [6.45, 7) is 7.53. The molecule has 1 aromatic carbocycles. The molecule has 2 nitrogen and oxygen atoms in total. The number of halogens is 1. The minimum atomic E-state index is -0.339. The number of likely N-dealkylation sites (tertiary alicyclic amines) is 1. The van der Waals surface area contributed by atoms with Crippen molar-refractivity contribution >= 4 is 5.78 Å². The van der Waals surface area contributed by atoms with Crippen molar-refractivity contribution in [2.24, 2.45) is 11.8 Å². The Kier molecular flexibility index (Phi) is 5.30. The van der Waals surface area contributed by atoms with Gasteiger partial charge in [-0.3, -0.25) is 4.79 Å². The molecule has 0 saturated carbocycles. The van der Waals surface area contributed by atoms with Gasteiger partial charge in [0.2, 0.25) is 0 Å². The van der Waals surface area contributed by atoms with Crippen LogP contribution in [0.3, 0.4) is 0 Å². The second kappa shape index (κ2) is 6.98. The Balaban J connectivity index is 1.77. The first-order valence-electron chi connectivity index (χ1n) is 7.57. The Morgan fingerprint density at radius 2 is 2.05 bits per heavy atom. The largest absolute Gasteiger partial charge is 0.303 e. The van der Waals surface area contributed by atoms with Crippen LogP contribution in [0.1, 0.15) is 43.5 Å². The Hall–Kier alpha value is -1.22. The van der Waals surface area contributed by atoms with Gasteiger partial charge >= 0.3 is 0 Å². The number of ketones is 1. The van der Waals surface area contributed by atoms with Crippen LogP contribution in [0.5, 0.6) is 0 Å². The van der Waals surface area contributed by atoms with E-state index in [1.165, 1.54) is 25.0 Å². The molecule has 1 aliphatic rings. The smallest absolute Gasteiger partial charge is 0.164 e. The van der Waals surface area contributed by atoms with E-state index in [1.807, 2.05) is 0 Å². The van der Waals surface area contributed by atoms with Gasteiger partial charge in [-0.1, -0.05) is 26.0 Å². The molecule has 0 aromatic heterocycles. The third-order valence-corrected chi connectivity index (χ3v) is 4.38. The third-order valence-electron chi connectivity index (χ3n) is 4.38. The summed E-state index contributed by atoms with van der Waals surface area (Å²) in [6.07, 6.45) is 2.94. The maximum absolute atomic E-state index is 13.1. The highest BCUT2D eigenvalue weighted by atomic mass is 19.1. The van der Waals surface area contributed by atoms with Crippen LogP contribution in [0.2, 0.25) is 0 Å². The second-order valence-electron chi connectivity index (χ2n) is 6.11. The molecule has 0 spiro atoms. The van der Waals surface area contributed by atoms with Crippen LogP contribution in [0.4, 0.5) is 4.39 Å². The van der Waals surface area contributed by atoms with Gasteiger partial charge < -0.3 is 4.90 Å². The van der Waals surface area contributed by atoms with Gasteiger partial charge in [0, 0.05) is 18.5 Å². The van der Waals surface area contributed by atoms with Crippen LogP contribution in [0.15, 0.2) is 24.3 Å². The highest BCUT2D eigenvalue weighted by Gasteiger charge is 2.21. The van der Waals surface area contributed by atoms with E-state index in [2.05, 4.69) is 18.7 Å². The number of Topliss-reactive ketones (excluding diaryl/α,β-unsaturated/α-hetero) is 1. The van der Waals surface area contributed by atoms with Crippen molar-refractivity contribution in [2.45, 2.75) is 33.1 Å². The van der Waals surface area contributed by atoms with E-state index in [0.717, 1.165) is 31.5 Å². The van der Waals surface area contributed by atoms with E-state index in [4.69, 9.17) is 0 Å². The summed E-state index contributed by atoms with van der Waals surface area (Å²) in [4.78, 5) is 14.4. The van der Waals surface area contributed by atoms with Gasteiger partial charge in [0.15, 0.2) is 5.78 Å². The maximum Gasteiger partial charge on any atom is 0.164 e. The predicted octanol–water partition coefficient (Wildman–Crippen LogP) is 3.77. The lowest BCUT2D eigenvalue weighted by molar-refractivity contribution is 0.0943. The molecule has 2 rings (SSSR count). The molecule has 1 saturated heterocycles. The van der Waals surface area contributed by atoms with Crippen molar-refractivity contribution in [2.75, 3.05) is 19.6 Å². The number of nitrogens with zero attached hydrogens (tertiary/aromatic N) is 1. The first kappa shape index (κ1) is 15.2. The Labute approximate surface area is 121 Å². The average molecular weight is 277 g/mol. The van der Waals surface area contributed by atoms with Gasteiger partial charge in [0.1, 0.15) is 5.82 Å². The summed E-state index contributed by atoms with van der Waals surface area (Å²) < 4.78 is 13.1. The summed E-state index contributed by atoms with van der Waals surface area (Å²) in [5.74, 6) is 1.28. The second-order valence-corrected chi connectivity index (χ2v) is 6.11. The molecule has 110 valence electrons. The van der Waals surface area contributed by atoms with Crippen molar-refractivity contribution in [3.63, 3.8) is 0 Å². The van der Waals surface area contributed by atoms with E-state index in [1.54, 1.807) is 12.1 Å². The lowest BCUT2D eigenvalue weighted by Crippen LogP contribution is -2.36. The number of carbonyl (C=O) groups excluding carboxylic acids is 1. The summed E-state index contributed by atoms with van der Waals surface area (Å²) in [5.41, 5.74) is 0.488. The summed E-state index contributed by atoms with van der Waals surface area (Å²) in [7, 11) is 0. The van der Waals surface area contributed by atoms with E-state index in [9.17, 15) is 9.18 Å². The fourth-order valence-corrected chi connectivity index (χ4v) is 2.91. The molecule has 1 aromatic rings. The lowest BCUT2D eigenvalue weighted by atomic mass is 9.86. The molecule has 0 unspecified atom stereocenters. The summed E-state index contributed by atoms with van der Waals surface area (Å²) in [6, 6.07) is 5.98. The molecule has 0 radical (unpaired) electrons. The van der Waals surface area contributed by atoms with Crippen LogP contribution < -0.4 is 0 Å². The number of hydrogen-bond donors (Lipinski definition) is 0. The molecule has 1 heterocycles. The molecular weight excluding hydrogens is 253 g/mol. The Bertz CT molecular complexity index is 450. The highest BCUT2D eigenvalue weighted by Crippen LogP contribution is 2.24. The van der Waals surface area contributed by atoms with Crippen LogP contribution in [0, 0.1) is 17.7 Å². The van der Waals surface area contributed by atoms with Crippen molar-refractivity contribution < 1.29 is 9.18 Å². The van der Waals surface area contributed by atoms with Gasteiger partial charge in [0.05, 0.1) is 0 Å². The quantitative estimate of drug-likeness (QED) is 0.764. The van der Waals surface area contributed by atoms with E-state index >= 15 is 0 Å². The SMILES string of the molecule is CC(C)C1CCN(CCC(=O)c2cccc(F)c2)CC1. The van der Waals surface area contributed by atoms with Crippen LogP contribution >= 0.6 is 0 Å². The maximum atomic E-state index is 13.1. The van der Waals surface area contributed by atoms with Gasteiger partial charge in [-0.05, 0) is 49.9 Å². The van der Waals surface area contributed by atoms with Crippen molar-refractivity contribution in [1.29, 1.82) is 0 Å². The number of piperidine rings is 1. The van der Waals surface area contributed by atoms with Crippen LogP contribution in [0.25, 0.3) is 0 Å². The van der Waals surface area contributed by atoms with Gasteiger partial charge in [-0.2, -0.15) is 0 Å². The van der Waals surface area contributed by atoms with Gasteiger partial charge in [-0.15, -0.1) is 0 Å². The fourth-order valence-electron chi connectivity index (χ4n) is 2.91. The van der Waals surface area contributed by atoms with Gasteiger partial charge in [0.25, 0.3) is 0 Å². The molecule has 0 aliphatic carbocycles. The number of hydrogen-bond acceptors (Lipinski definition) is 2. The molecule has 1 aliphatic heterocycles. The minimum absolute atomic E-state index is 0.0375. The first-order chi connectivity index (χ1) is 9.56.